The van der Waals surface area contributed by atoms with Crippen molar-refractivity contribution in [3.05, 3.63) is 42.0 Å². The topological polar surface area (TPSA) is 89.9 Å². The van der Waals surface area contributed by atoms with Crippen LogP contribution in [0.1, 0.15) is 35.9 Å². The van der Waals surface area contributed by atoms with Crippen molar-refractivity contribution in [2.24, 2.45) is 11.7 Å². The summed E-state index contributed by atoms with van der Waals surface area (Å²) < 4.78 is 1.64. The quantitative estimate of drug-likeness (QED) is 0.906. The fourth-order valence-corrected chi connectivity index (χ4v) is 3.14. The Balaban J connectivity index is 1.73. The summed E-state index contributed by atoms with van der Waals surface area (Å²) in [6.07, 6.45) is 5.53. The number of hydrogen-bond donors (Lipinski definition) is 1. The van der Waals surface area contributed by atoms with Crippen molar-refractivity contribution in [1.82, 2.24) is 24.9 Å². The van der Waals surface area contributed by atoms with Gasteiger partial charge in [-0.05, 0) is 30.9 Å². The Morgan fingerprint density at radius 1 is 1.43 bits per heavy atom. The lowest BCUT2D eigenvalue weighted by molar-refractivity contribution is 0.0526. The van der Waals surface area contributed by atoms with Crippen molar-refractivity contribution >= 4 is 5.91 Å². The number of amides is 1. The van der Waals surface area contributed by atoms with Gasteiger partial charge >= 0.3 is 0 Å². The zero-order valence-corrected chi connectivity index (χ0v) is 13.3. The second-order valence-corrected chi connectivity index (χ2v) is 6.04. The van der Waals surface area contributed by atoms with Crippen molar-refractivity contribution in [3.8, 4) is 0 Å². The maximum absolute atomic E-state index is 12.7. The fraction of sp³-hybridized carbons (Fsp3) is 0.500. The predicted molar refractivity (Wildman–Crippen MR) is 85.6 cm³/mol. The molecule has 1 amide bonds. The minimum Gasteiger partial charge on any atom is -0.333 e. The first-order valence-electron chi connectivity index (χ1n) is 8.00. The highest BCUT2D eigenvalue weighted by atomic mass is 16.2. The van der Waals surface area contributed by atoms with Gasteiger partial charge in [-0.3, -0.25) is 9.78 Å². The van der Waals surface area contributed by atoms with Gasteiger partial charge in [0.25, 0.3) is 5.91 Å². The Bertz CT molecular complexity index is 656. The van der Waals surface area contributed by atoms with E-state index in [1.165, 1.54) is 0 Å². The Morgan fingerprint density at radius 3 is 3.04 bits per heavy atom. The van der Waals surface area contributed by atoms with Gasteiger partial charge in [-0.1, -0.05) is 18.2 Å². The molecule has 2 aromatic heterocycles. The zero-order chi connectivity index (χ0) is 16.2. The molecular weight excluding hydrogens is 292 g/mol. The van der Waals surface area contributed by atoms with E-state index in [9.17, 15) is 4.79 Å². The summed E-state index contributed by atoms with van der Waals surface area (Å²) in [4.78, 5) is 18.8. The normalized spacial score (nSPS) is 21.4. The van der Waals surface area contributed by atoms with Crippen LogP contribution in [0.2, 0.25) is 0 Å². The van der Waals surface area contributed by atoms with Gasteiger partial charge in [0, 0.05) is 25.3 Å². The number of aromatic nitrogens is 4. The Hall–Kier alpha value is -2.28. The van der Waals surface area contributed by atoms with Gasteiger partial charge in [0.1, 0.15) is 0 Å². The minimum absolute atomic E-state index is 0.0807. The van der Waals surface area contributed by atoms with Gasteiger partial charge in [0.05, 0.1) is 18.4 Å². The van der Waals surface area contributed by atoms with Gasteiger partial charge in [-0.2, -0.15) is 0 Å². The molecule has 7 heteroatoms. The van der Waals surface area contributed by atoms with Gasteiger partial charge < -0.3 is 10.6 Å². The molecule has 0 saturated carbocycles. The van der Waals surface area contributed by atoms with Gasteiger partial charge in [-0.25, -0.2) is 4.68 Å². The molecule has 0 aromatic carbocycles. The molecule has 3 rings (SSSR count). The SMILES string of the molecule is C[C@@H]1CCCN(C(=O)c2cn(Cc3ccccn3)nn2)[C@H]1CN. The molecule has 1 saturated heterocycles. The molecule has 0 radical (unpaired) electrons. The van der Waals surface area contributed by atoms with Crippen LogP contribution in [-0.4, -0.2) is 49.9 Å². The van der Waals surface area contributed by atoms with E-state index in [2.05, 4.69) is 22.2 Å². The summed E-state index contributed by atoms with van der Waals surface area (Å²) in [7, 11) is 0. The smallest absolute Gasteiger partial charge is 0.276 e. The summed E-state index contributed by atoms with van der Waals surface area (Å²) in [6.45, 7) is 3.86. The van der Waals surface area contributed by atoms with Crippen molar-refractivity contribution in [3.63, 3.8) is 0 Å². The average molecular weight is 314 g/mol. The number of carbonyl (C=O) groups excluding carboxylic acids is 1. The third-order valence-electron chi connectivity index (χ3n) is 4.43. The number of nitrogens with two attached hydrogens (primary N) is 1. The van der Waals surface area contributed by atoms with Crippen LogP contribution in [0, 0.1) is 5.92 Å². The lowest BCUT2D eigenvalue weighted by atomic mass is 9.90. The van der Waals surface area contributed by atoms with Gasteiger partial charge in [0.15, 0.2) is 5.69 Å². The summed E-state index contributed by atoms with van der Waals surface area (Å²) >= 11 is 0. The molecule has 1 fully saturated rings. The van der Waals surface area contributed by atoms with Crippen LogP contribution in [0.5, 0.6) is 0 Å². The molecule has 0 aliphatic carbocycles. The van der Waals surface area contributed by atoms with E-state index < -0.39 is 0 Å². The number of rotatable bonds is 4. The molecule has 2 N–H and O–H groups in total. The second-order valence-electron chi connectivity index (χ2n) is 6.04. The molecule has 0 bridgehead atoms. The maximum atomic E-state index is 12.7. The van der Waals surface area contributed by atoms with Gasteiger partial charge in [-0.15, -0.1) is 5.10 Å². The molecule has 3 heterocycles. The number of hydrogen-bond acceptors (Lipinski definition) is 5. The number of likely N-dealkylation sites (tertiary alicyclic amines) is 1. The summed E-state index contributed by atoms with van der Waals surface area (Å²) in [6, 6.07) is 5.79. The lowest BCUT2D eigenvalue weighted by Gasteiger charge is -2.39. The van der Waals surface area contributed by atoms with Crippen LogP contribution >= 0.6 is 0 Å². The molecule has 2 atom stereocenters. The number of piperidine rings is 1. The van der Waals surface area contributed by atoms with Crippen LogP contribution in [-0.2, 0) is 6.54 Å². The molecule has 7 nitrogen and oxygen atoms in total. The molecule has 0 unspecified atom stereocenters. The highest BCUT2D eigenvalue weighted by Crippen LogP contribution is 2.23. The largest absolute Gasteiger partial charge is 0.333 e. The van der Waals surface area contributed by atoms with E-state index >= 15 is 0 Å². The standard InChI is InChI=1S/C16H22N6O/c1-12-5-4-8-22(15(12)9-17)16(23)14-11-21(20-19-14)10-13-6-2-3-7-18-13/h2-3,6-7,11-12,15H,4-5,8-10,17H2,1H3/t12-,15+/m1/s1. The Kier molecular flexibility index (Phi) is 4.66. The van der Waals surface area contributed by atoms with Crippen LogP contribution in [0.4, 0.5) is 0 Å². The number of carbonyl (C=O) groups is 1. The molecule has 122 valence electrons. The van der Waals surface area contributed by atoms with Crippen molar-refractivity contribution < 1.29 is 4.79 Å². The molecule has 23 heavy (non-hydrogen) atoms. The third-order valence-corrected chi connectivity index (χ3v) is 4.43. The zero-order valence-electron chi connectivity index (χ0n) is 13.3. The monoisotopic (exact) mass is 314 g/mol. The highest BCUT2D eigenvalue weighted by molar-refractivity contribution is 5.92. The van der Waals surface area contributed by atoms with Crippen LogP contribution in [0.15, 0.2) is 30.6 Å². The summed E-state index contributed by atoms with van der Waals surface area (Å²) in [5.41, 5.74) is 7.11. The van der Waals surface area contributed by atoms with Crippen LogP contribution in [0.3, 0.4) is 0 Å². The van der Waals surface area contributed by atoms with E-state index in [4.69, 9.17) is 5.73 Å². The predicted octanol–water partition coefficient (Wildman–Crippen LogP) is 0.921. The van der Waals surface area contributed by atoms with E-state index in [0.29, 0.717) is 24.7 Å². The van der Waals surface area contributed by atoms with Crippen molar-refractivity contribution in [1.29, 1.82) is 0 Å². The van der Waals surface area contributed by atoms with E-state index in [1.807, 2.05) is 23.1 Å². The maximum Gasteiger partial charge on any atom is 0.276 e. The first kappa shape index (κ1) is 15.6. The molecule has 1 aliphatic rings. The second kappa shape index (κ2) is 6.87. The first-order chi connectivity index (χ1) is 11.2. The fourth-order valence-electron chi connectivity index (χ4n) is 3.14. The molecule has 2 aromatic rings. The van der Waals surface area contributed by atoms with Crippen molar-refractivity contribution in [2.75, 3.05) is 13.1 Å². The highest BCUT2D eigenvalue weighted by Gasteiger charge is 2.32. The van der Waals surface area contributed by atoms with Crippen LogP contribution < -0.4 is 5.73 Å². The Morgan fingerprint density at radius 2 is 2.30 bits per heavy atom. The minimum atomic E-state index is -0.0840. The average Bonchev–Trinajstić information content (AvgIpc) is 3.03. The number of nitrogens with zero attached hydrogens (tertiary/aromatic N) is 5. The van der Waals surface area contributed by atoms with Crippen LogP contribution in [0.25, 0.3) is 0 Å². The molecule has 1 aliphatic heterocycles. The first-order valence-corrected chi connectivity index (χ1v) is 8.00. The van der Waals surface area contributed by atoms with Crippen molar-refractivity contribution in [2.45, 2.75) is 32.4 Å². The summed E-state index contributed by atoms with van der Waals surface area (Å²) in [5.74, 6) is 0.334. The van der Waals surface area contributed by atoms with E-state index in [-0.39, 0.29) is 11.9 Å². The molecule has 0 spiro atoms. The number of pyridine rings is 1. The molecular formula is C16H22N6O. The lowest BCUT2D eigenvalue weighted by Crippen LogP contribution is -2.51. The van der Waals surface area contributed by atoms with E-state index in [1.54, 1.807) is 17.1 Å². The summed E-state index contributed by atoms with van der Waals surface area (Å²) in [5, 5.41) is 8.08. The van der Waals surface area contributed by atoms with E-state index in [0.717, 1.165) is 25.1 Å². The third kappa shape index (κ3) is 3.39. The van der Waals surface area contributed by atoms with Gasteiger partial charge in [0.2, 0.25) is 0 Å². The Labute approximate surface area is 135 Å².